The summed E-state index contributed by atoms with van der Waals surface area (Å²) in [6.07, 6.45) is 1.40. The van der Waals surface area contributed by atoms with Crippen molar-refractivity contribution in [3.8, 4) is 0 Å². The van der Waals surface area contributed by atoms with Crippen molar-refractivity contribution in [1.82, 2.24) is 5.32 Å². The van der Waals surface area contributed by atoms with Crippen LogP contribution in [0.15, 0.2) is 11.6 Å². The molecule has 2 rings (SSSR count). The number of nitrogens with two attached hydrogens (primary N) is 1. The van der Waals surface area contributed by atoms with Gasteiger partial charge in [-0.25, -0.2) is 4.79 Å². The Labute approximate surface area is 189 Å². The van der Waals surface area contributed by atoms with E-state index in [4.69, 9.17) is 31.5 Å². The number of methoxy groups -OCH3 is 1. The van der Waals surface area contributed by atoms with Gasteiger partial charge in [0.1, 0.15) is 23.9 Å². The first-order valence-electron chi connectivity index (χ1n) is 10.8. The van der Waals surface area contributed by atoms with Crippen LogP contribution in [0.5, 0.6) is 0 Å². The number of alkyl carbamates (subject to hydrolysis) is 1. The van der Waals surface area contributed by atoms with Crippen molar-refractivity contribution in [1.29, 1.82) is 0 Å². The minimum atomic E-state index is -1.22. The van der Waals surface area contributed by atoms with E-state index in [1.165, 1.54) is 12.7 Å². The van der Waals surface area contributed by atoms with Gasteiger partial charge in [0, 0.05) is 7.11 Å². The molecule has 7 atom stereocenters. The summed E-state index contributed by atoms with van der Waals surface area (Å²) in [4.78, 5) is 24.1. The smallest absolute Gasteiger partial charge is 0.408 e. The molecule has 2 aliphatic rings. The van der Waals surface area contributed by atoms with E-state index in [0.29, 0.717) is 19.3 Å². The molecule has 31 heavy (non-hydrogen) atoms. The highest BCUT2D eigenvalue weighted by atomic mass is 35.5. The lowest BCUT2D eigenvalue weighted by Crippen LogP contribution is -2.61. The summed E-state index contributed by atoms with van der Waals surface area (Å²) in [6, 6.07) is -0.842. The Hall–Kier alpha value is -1.35. The van der Waals surface area contributed by atoms with Crippen molar-refractivity contribution in [2.45, 2.75) is 89.4 Å². The predicted molar refractivity (Wildman–Crippen MR) is 118 cm³/mol. The van der Waals surface area contributed by atoms with Crippen molar-refractivity contribution >= 4 is 23.6 Å². The lowest BCUT2D eigenvalue weighted by atomic mass is 9.66. The van der Waals surface area contributed by atoms with Gasteiger partial charge in [-0.3, -0.25) is 4.79 Å². The molecule has 2 fully saturated rings. The van der Waals surface area contributed by atoms with Crippen molar-refractivity contribution in [2.24, 2.45) is 17.6 Å². The Morgan fingerprint density at radius 3 is 2.52 bits per heavy atom. The zero-order valence-electron chi connectivity index (χ0n) is 19.3. The molecule has 1 saturated heterocycles. The topological polar surface area (TPSA) is 123 Å². The Kier molecular flexibility index (Phi) is 8.41. The van der Waals surface area contributed by atoms with Crippen LogP contribution >= 0.6 is 11.6 Å². The maximum Gasteiger partial charge on any atom is 0.408 e. The molecular weight excluding hydrogens is 424 g/mol. The largest absolute Gasteiger partial charge is 0.443 e. The van der Waals surface area contributed by atoms with Crippen molar-refractivity contribution in [3.63, 3.8) is 0 Å². The van der Waals surface area contributed by atoms with Crippen molar-refractivity contribution < 1.29 is 28.9 Å². The minimum absolute atomic E-state index is 0.0157. The lowest BCUT2D eigenvalue weighted by molar-refractivity contribution is -0.170. The maximum absolute atomic E-state index is 12.5. The molecule has 1 aliphatic heterocycles. The van der Waals surface area contributed by atoms with Gasteiger partial charge in [0.05, 0.1) is 23.5 Å². The number of amides is 2. The van der Waals surface area contributed by atoms with Crippen LogP contribution in [0.25, 0.3) is 0 Å². The molecule has 0 aromatic heterocycles. The van der Waals surface area contributed by atoms with Gasteiger partial charge < -0.3 is 30.4 Å². The van der Waals surface area contributed by atoms with Crippen LogP contribution in [0.3, 0.4) is 0 Å². The number of carbonyl (C=O) groups is 2. The summed E-state index contributed by atoms with van der Waals surface area (Å²) >= 11 is 6.20. The molecule has 0 aromatic rings. The second-order valence-corrected chi connectivity index (χ2v) is 9.74. The molecule has 2 amide bonds. The van der Waals surface area contributed by atoms with E-state index in [-0.39, 0.29) is 17.9 Å². The first kappa shape index (κ1) is 25.9. The molecule has 1 aliphatic carbocycles. The molecule has 0 spiro atoms. The number of hydrogen-bond donors (Lipinski definition) is 3. The Morgan fingerprint density at radius 1 is 1.39 bits per heavy atom. The van der Waals surface area contributed by atoms with Gasteiger partial charge in [0.25, 0.3) is 0 Å². The lowest BCUT2D eigenvalue weighted by Gasteiger charge is -2.48. The number of aliphatic hydroxyl groups is 1. The fraction of sp³-hybridized carbons (Fsp3) is 0.818. The quantitative estimate of drug-likeness (QED) is 0.276. The summed E-state index contributed by atoms with van der Waals surface area (Å²) in [7, 11) is 1.52. The zero-order chi connectivity index (χ0) is 23.6. The number of rotatable bonds is 9. The molecule has 0 radical (unpaired) electrons. The average Bonchev–Trinajstić information content (AvgIpc) is 3.35. The monoisotopic (exact) mass is 460 g/mol. The van der Waals surface area contributed by atoms with E-state index >= 15 is 0 Å². The molecule has 8 nitrogen and oxygen atoms in total. The third-order valence-corrected chi connectivity index (χ3v) is 6.94. The molecule has 0 aromatic carbocycles. The van der Waals surface area contributed by atoms with Gasteiger partial charge >= 0.3 is 6.09 Å². The van der Waals surface area contributed by atoms with Crippen LogP contribution in [-0.4, -0.2) is 65.7 Å². The normalized spacial score (nSPS) is 35.9. The van der Waals surface area contributed by atoms with Gasteiger partial charge in [0.2, 0.25) is 5.91 Å². The third-order valence-electron chi connectivity index (χ3n) is 6.48. The SMILES string of the molecule is CO[C@H]1C([C@@]2(C)O[C@@H]2CC=C(C)C)[C@@](O)(CCl)CC[C@H]1OC(=O)N[C@@H](C(N)=O)C(C)C. The first-order chi connectivity index (χ1) is 14.4. The number of hydrogen-bond acceptors (Lipinski definition) is 6. The average molecular weight is 461 g/mol. The fourth-order valence-corrected chi connectivity index (χ4v) is 4.99. The molecule has 9 heteroatoms. The Balaban J connectivity index is 2.20. The number of nitrogens with one attached hydrogen (secondary N) is 1. The van der Waals surface area contributed by atoms with Crippen LogP contribution in [0, 0.1) is 11.8 Å². The van der Waals surface area contributed by atoms with Gasteiger partial charge in [0.15, 0.2) is 0 Å². The van der Waals surface area contributed by atoms with E-state index in [2.05, 4.69) is 11.4 Å². The summed E-state index contributed by atoms with van der Waals surface area (Å²) in [5, 5.41) is 13.9. The number of carbonyl (C=O) groups excluding carboxylic acids is 2. The standard InChI is InChI=1S/C22H37ClN2O6/c1-12(2)7-8-15-21(5,31-15)18-17(29-6)14(9-10-22(18,28)11-23)30-20(27)25-16(13(3)4)19(24)26/h7,13-18,28H,8-11H2,1-6H3,(H2,24,26)(H,25,27)/t14-,15-,16-,17-,18?,21+,22+/m1/s1. The van der Waals surface area contributed by atoms with E-state index < -0.39 is 47.4 Å². The van der Waals surface area contributed by atoms with Crippen LogP contribution in [0.2, 0.25) is 0 Å². The summed E-state index contributed by atoms with van der Waals surface area (Å²) in [6.45, 7) is 9.54. The summed E-state index contributed by atoms with van der Waals surface area (Å²) in [5.74, 6) is -1.30. The summed E-state index contributed by atoms with van der Waals surface area (Å²) < 4.78 is 17.4. The Morgan fingerprint density at radius 2 is 2.03 bits per heavy atom. The predicted octanol–water partition coefficient (Wildman–Crippen LogP) is 2.50. The van der Waals surface area contributed by atoms with Crippen LogP contribution in [0.4, 0.5) is 4.79 Å². The van der Waals surface area contributed by atoms with E-state index in [1.54, 1.807) is 13.8 Å². The second kappa shape index (κ2) is 10.1. The van der Waals surface area contributed by atoms with Crippen LogP contribution in [0.1, 0.15) is 53.9 Å². The number of ether oxygens (including phenoxy) is 3. The molecule has 0 bridgehead atoms. The molecule has 4 N–H and O–H groups in total. The number of primary amides is 1. The van der Waals surface area contributed by atoms with E-state index in [0.717, 1.165) is 0 Å². The zero-order valence-corrected chi connectivity index (χ0v) is 20.1. The van der Waals surface area contributed by atoms with Gasteiger partial charge in [-0.2, -0.15) is 0 Å². The molecule has 178 valence electrons. The van der Waals surface area contributed by atoms with Gasteiger partial charge in [-0.05, 0) is 46.0 Å². The van der Waals surface area contributed by atoms with Gasteiger partial charge in [-0.1, -0.05) is 25.5 Å². The van der Waals surface area contributed by atoms with Crippen LogP contribution < -0.4 is 11.1 Å². The van der Waals surface area contributed by atoms with Crippen molar-refractivity contribution in [2.75, 3.05) is 13.0 Å². The number of halogens is 1. The molecule has 1 heterocycles. The number of allylic oxidation sites excluding steroid dienone is 1. The fourth-order valence-electron chi connectivity index (χ4n) is 4.69. The second-order valence-electron chi connectivity index (χ2n) is 9.47. The minimum Gasteiger partial charge on any atom is -0.443 e. The maximum atomic E-state index is 12.5. The van der Waals surface area contributed by atoms with E-state index in [1.807, 2.05) is 20.8 Å². The molecular formula is C22H37ClN2O6. The number of alkyl halides is 1. The third kappa shape index (κ3) is 5.72. The first-order valence-corrected chi connectivity index (χ1v) is 11.3. The summed E-state index contributed by atoms with van der Waals surface area (Å²) in [5.41, 5.74) is 4.67. The molecule has 1 unspecified atom stereocenters. The van der Waals surface area contributed by atoms with Crippen molar-refractivity contribution in [3.05, 3.63) is 11.6 Å². The highest BCUT2D eigenvalue weighted by molar-refractivity contribution is 6.18. The highest BCUT2D eigenvalue weighted by Crippen LogP contribution is 2.54. The molecule has 1 saturated carbocycles. The Bertz CT molecular complexity index is 697. The van der Waals surface area contributed by atoms with E-state index in [9.17, 15) is 14.7 Å². The highest BCUT2D eigenvalue weighted by Gasteiger charge is 2.67. The van der Waals surface area contributed by atoms with Gasteiger partial charge in [-0.15, -0.1) is 11.6 Å². The van der Waals surface area contributed by atoms with Crippen LogP contribution in [-0.2, 0) is 19.0 Å². The number of epoxide rings is 1.